The highest BCUT2D eigenvalue weighted by Crippen LogP contribution is 2.25. The number of anilines is 2. The second kappa shape index (κ2) is 9.91. The van der Waals surface area contributed by atoms with E-state index in [4.69, 9.17) is 0 Å². The fourth-order valence-corrected chi connectivity index (χ4v) is 4.53. The van der Waals surface area contributed by atoms with Gasteiger partial charge in [0.2, 0.25) is 5.95 Å². The number of aromatic nitrogens is 2. The van der Waals surface area contributed by atoms with Gasteiger partial charge in [0.05, 0.1) is 5.56 Å². The number of carbonyl (C=O) groups is 3. The van der Waals surface area contributed by atoms with Gasteiger partial charge in [0.1, 0.15) is 5.00 Å². The van der Waals surface area contributed by atoms with Crippen LogP contribution in [-0.2, 0) is 0 Å². The zero-order valence-corrected chi connectivity index (χ0v) is 19.4. The van der Waals surface area contributed by atoms with E-state index in [2.05, 4.69) is 20.6 Å². The first-order valence-corrected chi connectivity index (χ1v) is 11.7. The number of piperidine rings is 1. The fourth-order valence-electron chi connectivity index (χ4n) is 3.75. The van der Waals surface area contributed by atoms with Crippen LogP contribution in [0, 0.1) is 13.8 Å². The zero-order chi connectivity index (χ0) is 23.4. The molecule has 0 unspecified atom stereocenters. The minimum atomic E-state index is -0.404. The van der Waals surface area contributed by atoms with E-state index in [9.17, 15) is 14.4 Å². The van der Waals surface area contributed by atoms with Gasteiger partial charge in [0, 0.05) is 35.6 Å². The minimum absolute atomic E-state index is 0.00697. The highest BCUT2D eigenvalue weighted by molar-refractivity contribution is 7.14. The maximum atomic E-state index is 12.8. The number of benzene rings is 1. The van der Waals surface area contributed by atoms with Gasteiger partial charge in [0.15, 0.2) is 0 Å². The Hall–Kier alpha value is -3.59. The molecule has 9 heteroatoms. The zero-order valence-electron chi connectivity index (χ0n) is 18.6. The Morgan fingerprint density at radius 2 is 1.48 bits per heavy atom. The number of thiophene rings is 1. The van der Waals surface area contributed by atoms with Gasteiger partial charge >= 0.3 is 0 Å². The van der Waals surface area contributed by atoms with Crippen LogP contribution >= 0.6 is 11.3 Å². The van der Waals surface area contributed by atoms with Crippen molar-refractivity contribution >= 4 is 40.0 Å². The molecule has 2 aromatic heterocycles. The maximum absolute atomic E-state index is 12.8. The summed E-state index contributed by atoms with van der Waals surface area (Å²) in [7, 11) is 0. The molecule has 8 nitrogen and oxygen atoms in total. The molecule has 3 amide bonds. The monoisotopic (exact) mass is 463 g/mol. The first-order valence-electron chi connectivity index (χ1n) is 10.8. The summed E-state index contributed by atoms with van der Waals surface area (Å²) in [5.74, 6) is -0.549. The summed E-state index contributed by atoms with van der Waals surface area (Å²) in [6.07, 6.45) is 3.21. The third-order valence-corrected chi connectivity index (χ3v) is 6.21. The quantitative estimate of drug-likeness (QED) is 0.588. The number of hydrogen-bond acceptors (Lipinski definition) is 6. The van der Waals surface area contributed by atoms with Gasteiger partial charge in [-0.1, -0.05) is 0 Å². The Morgan fingerprint density at radius 1 is 0.848 bits per heavy atom. The number of likely N-dealkylation sites (tertiary alicyclic amines) is 1. The molecule has 3 aromatic rings. The van der Waals surface area contributed by atoms with Gasteiger partial charge in [-0.05, 0) is 74.9 Å². The highest BCUT2D eigenvalue weighted by Gasteiger charge is 2.20. The standard InChI is InChI=1S/C24H25N5O3S/c1-15-14-16(2)26-24(25-15)28-21(31)19-10-13-33-22(19)27-20(30)17-6-8-18(9-7-17)23(32)29-11-4-3-5-12-29/h6-10,13-14H,3-5,11-12H2,1-2H3,(H,27,30)(H,25,26,28,31). The molecule has 0 atom stereocenters. The van der Waals surface area contributed by atoms with Crippen LogP contribution in [0.15, 0.2) is 41.8 Å². The van der Waals surface area contributed by atoms with Crippen LogP contribution in [-0.4, -0.2) is 45.7 Å². The van der Waals surface area contributed by atoms with E-state index < -0.39 is 5.91 Å². The van der Waals surface area contributed by atoms with Gasteiger partial charge in [-0.15, -0.1) is 11.3 Å². The van der Waals surface area contributed by atoms with Crippen LogP contribution in [0.5, 0.6) is 0 Å². The molecular weight excluding hydrogens is 438 g/mol. The molecule has 0 bridgehead atoms. The Bertz CT molecular complexity index is 1160. The van der Waals surface area contributed by atoms with Gasteiger partial charge < -0.3 is 10.2 Å². The lowest BCUT2D eigenvalue weighted by Gasteiger charge is -2.26. The van der Waals surface area contributed by atoms with E-state index in [0.717, 1.165) is 43.7 Å². The molecule has 1 aliphatic rings. The number of aryl methyl sites for hydroxylation is 2. The lowest BCUT2D eigenvalue weighted by Crippen LogP contribution is -2.35. The molecule has 3 heterocycles. The van der Waals surface area contributed by atoms with Gasteiger partial charge in [-0.2, -0.15) is 0 Å². The van der Waals surface area contributed by atoms with Crippen LogP contribution in [0.3, 0.4) is 0 Å². The summed E-state index contributed by atoms with van der Waals surface area (Å²) in [5.41, 5.74) is 2.80. The van der Waals surface area contributed by atoms with Crippen molar-refractivity contribution < 1.29 is 14.4 Å². The molecular formula is C24H25N5O3S. The van der Waals surface area contributed by atoms with Crippen molar-refractivity contribution in [2.45, 2.75) is 33.1 Å². The average Bonchev–Trinajstić information content (AvgIpc) is 3.27. The molecule has 1 saturated heterocycles. The first-order chi connectivity index (χ1) is 15.9. The number of nitrogens with zero attached hydrogens (tertiary/aromatic N) is 3. The van der Waals surface area contributed by atoms with Crippen molar-refractivity contribution in [2.24, 2.45) is 0 Å². The molecule has 1 aromatic carbocycles. The Labute approximate surface area is 196 Å². The summed E-state index contributed by atoms with van der Waals surface area (Å²) >= 11 is 1.25. The molecule has 4 rings (SSSR count). The van der Waals surface area contributed by atoms with Crippen LogP contribution < -0.4 is 10.6 Å². The number of nitrogens with one attached hydrogen (secondary N) is 2. The van der Waals surface area contributed by atoms with Crippen LogP contribution in [0.25, 0.3) is 0 Å². The van der Waals surface area contributed by atoms with E-state index in [1.165, 1.54) is 11.3 Å². The van der Waals surface area contributed by atoms with E-state index in [0.29, 0.717) is 21.7 Å². The molecule has 0 saturated carbocycles. The largest absolute Gasteiger partial charge is 0.339 e. The molecule has 33 heavy (non-hydrogen) atoms. The van der Waals surface area contributed by atoms with Crippen LogP contribution in [0.1, 0.15) is 61.7 Å². The topological polar surface area (TPSA) is 104 Å². The fraction of sp³-hybridized carbons (Fsp3) is 0.292. The molecule has 1 fully saturated rings. The summed E-state index contributed by atoms with van der Waals surface area (Å²) in [6.45, 7) is 5.20. The molecule has 170 valence electrons. The SMILES string of the molecule is Cc1cc(C)nc(NC(=O)c2ccsc2NC(=O)c2ccc(C(=O)N3CCCCC3)cc2)n1. The predicted molar refractivity (Wildman–Crippen MR) is 128 cm³/mol. The summed E-state index contributed by atoms with van der Waals surface area (Å²) in [4.78, 5) is 48.4. The third-order valence-electron chi connectivity index (χ3n) is 5.38. The Morgan fingerprint density at radius 3 is 2.15 bits per heavy atom. The van der Waals surface area contributed by atoms with Crippen molar-refractivity contribution in [3.05, 3.63) is 69.9 Å². The Balaban J connectivity index is 1.42. The van der Waals surface area contributed by atoms with Crippen molar-refractivity contribution in [3.63, 3.8) is 0 Å². The second-order valence-electron chi connectivity index (χ2n) is 7.98. The van der Waals surface area contributed by atoms with Gasteiger partial charge in [-0.25, -0.2) is 9.97 Å². The minimum Gasteiger partial charge on any atom is -0.339 e. The van der Waals surface area contributed by atoms with E-state index in [1.807, 2.05) is 24.8 Å². The van der Waals surface area contributed by atoms with E-state index in [1.54, 1.807) is 35.7 Å². The lowest BCUT2D eigenvalue weighted by atomic mass is 10.1. The first kappa shape index (κ1) is 22.6. The smallest absolute Gasteiger partial charge is 0.261 e. The number of carbonyl (C=O) groups excluding carboxylic acids is 3. The number of hydrogen-bond donors (Lipinski definition) is 2. The second-order valence-corrected chi connectivity index (χ2v) is 8.89. The normalized spacial score (nSPS) is 13.5. The molecule has 2 N–H and O–H groups in total. The molecule has 0 radical (unpaired) electrons. The maximum Gasteiger partial charge on any atom is 0.261 e. The molecule has 1 aliphatic heterocycles. The number of amides is 3. The summed E-state index contributed by atoms with van der Waals surface area (Å²) in [6, 6.07) is 10.1. The van der Waals surface area contributed by atoms with E-state index >= 15 is 0 Å². The van der Waals surface area contributed by atoms with Gasteiger partial charge in [-0.3, -0.25) is 19.7 Å². The van der Waals surface area contributed by atoms with Crippen molar-refractivity contribution in [2.75, 3.05) is 23.7 Å². The number of rotatable bonds is 5. The summed E-state index contributed by atoms with van der Waals surface area (Å²) < 4.78 is 0. The van der Waals surface area contributed by atoms with Crippen LogP contribution in [0.2, 0.25) is 0 Å². The third kappa shape index (κ3) is 5.43. The molecule has 0 aliphatic carbocycles. The van der Waals surface area contributed by atoms with Crippen molar-refractivity contribution in [1.82, 2.24) is 14.9 Å². The summed E-state index contributed by atoms with van der Waals surface area (Å²) in [5, 5.41) is 7.63. The Kier molecular flexibility index (Phi) is 6.79. The van der Waals surface area contributed by atoms with Gasteiger partial charge in [0.25, 0.3) is 17.7 Å². The van der Waals surface area contributed by atoms with Crippen molar-refractivity contribution in [3.8, 4) is 0 Å². The average molecular weight is 464 g/mol. The highest BCUT2D eigenvalue weighted by atomic mass is 32.1. The predicted octanol–water partition coefficient (Wildman–Crippen LogP) is 4.29. The molecule has 0 spiro atoms. The van der Waals surface area contributed by atoms with E-state index in [-0.39, 0.29) is 17.8 Å². The van der Waals surface area contributed by atoms with Crippen molar-refractivity contribution in [1.29, 1.82) is 0 Å². The van der Waals surface area contributed by atoms with Crippen LogP contribution in [0.4, 0.5) is 10.9 Å². The lowest BCUT2D eigenvalue weighted by molar-refractivity contribution is 0.0723.